The van der Waals surface area contributed by atoms with E-state index >= 15 is 0 Å². The predicted octanol–water partition coefficient (Wildman–Crippen LogP) is 2.53. The average molecular weight is 239 g/mol. The third-order valence-corrected chi connectivity index (χ3v) is 3.31. The minimum atomic E-state index is 0.216. The summed E-state index contributed by atoms with van der Waals surface area (Å²) < 4.78 is 0. The summed E-state index contributed by atoms with van der Waals surface area (Å²) in [5, 5.41) is 12.6. The van der Waals surface area contributed by atoms with Crippen LogP contribution in [0.3, 0.4) is 0 Å². The van der Waals surface area contributed by atoms with Gasteiger partial charge in [-0.3, -0.25) is 0 Å². The lowest BCUT2D eigenvalue weighted by molar-refractivity contribution is 0.232. The second kappa shape index (κ2) is 7.71. The number of aliphatic hydroxyl groups excluding tert-OH is 1. The molecule has 1 atom stereocenters. The minimum Gasteiger partial charge on any atom is -0.395 e. The Labute approximate surface area is 102 Å². The molecule has 16 heavy (non-hydrogen) atoms. The van der Waals surface area contributed by atoms with E-state index in [9.17, 15) is 5.11 Å². The summed E-state index contributed by atoms with van der Waals surface area (Å²) in [6.45, 7) is 4.42. The molecule has 2 N–H and O–H groups in total. The normalized spacial score (nSPS) is 13.0. The number of hydrogen-bond donors (Lipinski definition) is 2. The number of aliphatic hydroxyl groups is 1. The molecule has 2 nitrogen and oxygen atoms in total. The van der Waals surface area contributed by atoms with E-state index in [2.05, 4.69) is 43.4 Å². The lowest BCUT2D eigenvalue weighted by Crippen LogP contribution is -2.37. The summed E-state index contributed by atoms with van der Waals surface area (Å²) >= 11 is 1.84. The highest BCUT2D eigenvalue weighted by molar-refractivity contribution is 7.99. The smallest absolute Gasteiger partial charge is 0.0585 e. The number of thioether (sulfide) groups is 1. The van der Waals surface area contributed by atoms with Crippen molar-refractivity contribution in [3.05, 3.63) is 30.3 Å². The summed E-state index contributed by atoms with van der Waals surface area (Å²) in [5.74, 6) is 1.04. The van der Waals surface area contributed by atoms with Crippen molar-refractivity contribution in [3.63, 3.8) is 0 Å². The molecule has 0 aliphatic carbocycles. The van der Waals surface area contributed by atoms with Gasteiger partial charge in [-0.25, -0.2) is 0 Å². The van der Waals surface area contributed by atoms with E-state index in [0.29, 0.717) is 6.04 Å². The molecule has 1 aromatic rings. The van der Waals surface area contributed by atoms with Crippen LogP contribution >= 0.6 is 11.8 Å². The molecule has 90 valence electrons. The van der Waals surface area contributed by atoms with E-state index in [1.165, 1.54) is 4.90 Å². The van der Waals surface area contributed by atoms with Gasteiger partial charge in [0, 0.05) is 17.0 Å². The molecule has 0 aliphatic rings. The molecule has 0 radical (unpaired) electrons. The van der Waals surface area contributed by atoms with Crippen LogP contribution in [0.4, 0.5) is 0 Å². The summed E-state index contributed by atoms with van der Waals surface area (Å²) in [6.07, 6.45) is 0.994. The molecule has 0 saturated carbocycles. The Balaban J connectivity index is 2.23. The quantitative estimate of drug-likeness (QED) is 0.717. The standard InChI is InChI=1S/C13H21NOS/c1-11(2)14-12(10-15)8-9-16-13-6-4-3-5-7-13/h3-7,11-12,14-15H,8-10H2,1-2H3. The van der Waals surface area contributed by atoms with Crippen molar-refractivity contribution in [2.24, 2.45) is 0 Å². The predicted molar refractivity (Wildman–Crippen MR) is 70.9 cm³/mol. The lowest BCUT2D eigenvalue weighted by atomic mass is 10.2. The topological polar surface area (TPSA) is 32.3 Å². The van der Waals surface area contributed by atoms with Crippen LogP contribution in [0.5, 0.6) is 0 Å². The van der Waals surface area contributed by atoms with Gasteiger partial charge in [0.2, 0.25) is 0 Å². The number of benzene rings is 1. The zero-order valence-corrected chi connectivity index (χ0v) is 10.8. The maximum absolute atomic E-state index is 9.20. The van der Waals surface area contributed by atoms with Crippen molar-refractivity contribution in [1.29, 1.82) is 0 Å². The van der Waals surface area contributed by atoms with Crippen molar-refractivity contribution < 1.29 is 5.11 Å². The molecule has 1 unspecified atom stereocenters. The van der Waals surface area contributed by atoms with Crippen LogP contribution in [-0.2, 0) is 0 Å². The number of rotatable bonds is 7. The van der Waals surface area contributed by atoms with E-state index in [4.69, 9.17) is 0 Å². The molecule has 0 heterocycles. The molecule has 0 saturated heterocycles. The summed E-state index contributed by atoms with van der Waals surface area (Å²) in [4.78, 5) is 1.30. The molecule has 0 aliphatic heterocycles. The molecule has 0 bridgehead atoms. The van der Waals surface area contributed by atoms with E-state index in [1.54, 1.807) is 0 Å². The Hall–Kier alpha value is -0.510. The van der Waals surface area contributed by atoms with Crippen LogP contribution in [0.2, 0.25) is 0 Å². The molecule has 3 heteroatoms. The van der Waals surface area contributed by atoms with Gasteiger partial charge in [0.15, 0.2) is 0 Å². The van der Waals surface area contributed by atoms with Gasteiger partial charge in [0.1, 0.15) is 0 Å². The van der Waals surface area contributed by atoms with Gasteiger partial charge in [0.25, 0.3) is 0 Å². The highest BCUT2D eigenvalue weighted by atomic mass is 32.2. The highest BCUT2D eigenvalue weighted by Crippen LogP contribution is 2.18. The Bertz CT molecular complexity index is 277. The van der Waals surface area contributed by atoms with Crippen LogP contribution < -0.4 is 5.32 Å². The van der Waals surface area contributed by atoms with Crippen LogP contribution in [0, 0.1) is 0 Å². The largest absolute Gasteiger partial charge is 0.395 e. The first-order chi connectivity index (χ1) is 7.72. The molecule has 1 rings (SSSR count). The second-order valence-corrected chi connectivity index (χ2v) is 5.32. The number of nitrogens with one attached hydrogen (secondary N) is 1. The molecule has 0 amide bonds. The highest BCUT2D eigenvalue weighted by Gasteiger charge is 2.07. The maximum atomic E-state index is 9.20. The van der Waals surface area contributed by atoms with Gasteiger partial charge in [0.05, 0.1) is 6.61 Å². The fraction of sp³-hybridized carbons (Fsp3) is 0.538. The van der Waals surface area contributed by atoms with Gasteiger partial charge in [-0.1, -0.05) is 32.0 Å². The third kappa shape index (κ3) is 5.54. The Morgan fingerprint density at radius 3 is 2.50 bits per heavy atom. The van der Waals surface area contributed by atoms with Crippen LogP contribution in [0.15, 0.2) is 35.2 Å². The summed E-state index contributed by atoms with van der Waals surface area (Å²) in [6, 6.07) is 11.0. The first kappa shape index (κ1) is 13.6. The molecule has 0 fully saturated rings. The van der Waals surface area contributed by atoms with Gasteiger partial charge in [-0.2, -0.15) is 0 Å². The fourth-order valence-electron chi connectivity index (χ4n) is 1.53. The molecule has 1 aromatic carbocycles. The molecule has 0 spiro atoms. The van der Waals surface area contributed by atoms with E-state index in [-0.39, 0.29) is 12.6 Å². The average Bonchev–Trinajstić information content (AvgIpc) is 2.28. The summed E-state index contributed by atoms with van der Waals surface area (Å²) in [7, 11) is 0. The Morgan fingerprint density at radius 2 is 1.94 bits per heavy atom. The van der Waals surface area contributed by atoms with E-state index < -0.39 is 0 Å². The lowest BCUT2D eigenvalue weighted by Gasteiger charge is -2.18. The third-order valence-electron chi connectivity index (χ3n) is 2.27. The van der Waals surface area contributed by atoms with E-state index in [1.807, 2.05) is 17.8 Å². The van der Waals surface area contributed by atoms with E-state index in [0.717, 1.165) is 12.2 Å². The zero-order valence-electron chi connectivity index (χ0n) is 10.0. The van der Waals surface area contributed by atoms with Gasteiger partial charge in [-0.15, -0.1) is 11.8 Å². The van der Waals surface area contributed by atoms with Gasteiger partial charge in [-0.05, 0) is 24.3 Å². The minimum absolute atomic E-state index is 0.216. The first-order valence-electron chi connectivity index (χ1n) is 5.77. The SMILES string of the molecule is CC(C)NC(CO)CCSc1ccccc1. The number of hydrogen-bond acceptors (Lipinski definition) is 3. The van der Waals surface area contributed by atoms with Gasteiger partial charge < -0.3 is 10.4 Å². The summed E-state index contributed by atoms with van der Waals surface area (Å²) in [5.41, 5.74) is 0. The molecular weight excluding hydrogens is 218 g/mol. The van der Waals surface area contributed by atoms with Crippen LogP contribution in [0.1, 0.15) is 20.3 Å². The maximum Gasteiger partial charge on any atom is 0.0585 e. The molecular formula is C13H21NOS. The van der Waals surface area contributed by atoms with Crippen molar-refractivity contribution in [1.82, 2.24) is 5.32 Å². The van der Waals surface area contributed by atoms with Crippen LogP contribution in [-0.4, -0.2) is 29.5 Å². The van der Waals surface area contributed by atoms with Crippen LogP contribution in [0.25, 0.3) is 0 Å². The van der Waals surface area contributed by atoms with Gasteiger partial charge >= 0.3 is 0 Å². The monoisotopic (exact) mass is 239 g/mol. The van der Waals surface area contributed by atoms with Crippen molar-refractivity contribution in [2.75, 3.05) is 12.4 Å². The first-order valence-corrected chi connectivity index (χ1v) is 6.75. The zero-order chi connectivity index (χ0) is 11.8. The Morgan fingerprint density at radius 1 is 1.25 bits per heavy atom. The molecule has 0 aromatic heterocycles. The fourth-order valence-corrected chi connectivity index (χ4v) is 2.52. The van der Waals surface area contributed by atoms with Crippen molar-refractivity contribution in [3.8, 4) is 0 Å². The van der Waals surface area contributed by atoms with Crippen molar-refractivity contribution >= 4 is 11.8 Å². The Kier molecular flexibility index (Phi) is 6.53. The van der Waals surface area contributed by atoms with Crippen molar-refractivity contribution in [2.45, 2.75) is 37.2 Å². The second-order valence-electron chi connectivity index (χ2n) is 4.15.